The lowest BCUT2D eigenvalue weighted by molar-refractivity contribution is 0.817. The first-order chi connectivity index (χ1) is 3.41. The Balaban J connectivity index is 0. The first kappa shape index (κ1) is 11.1. The molecule has 0 atom stereocenters. The Morgan fingerprint density at radius 3 is 2.38 bits per heavy atom. The van der Waals surface area contributed by atoms with E-state index in [0.717, 1.165) is 13.0 Å². The number of unbranched alkanes of at least 4 members (excludes halogenated alkanes) is 3. The van der Waals surface area contributed by atoms with E-state index in [0.29, 0.717) is 0 Å². The highest BCUT2D eigenvalue weighted by Gasteiger charge is 1.80. The summed E-state index contributed by atoms with van der Waals surface area (Å²) < 4.78 is 0. The number of rotatable bonds is 4. The third-order valence-corrected chi connectivity index (χ3v) is 0.864. The van der Waals surface area contributed by atoms with Gasteiger partial charge in [-0.2, -0.15) is 0 Å². The second kappa shape index (κ2) is 10.3. The second-order valence-corrected chi connectivity index (χ2v) is 1.65. The summed E-state index contributed by atoms with van der Waals surface area (Å²) >= 11 is 0. The second-order valence-electron chi connectivity index (χ2n) is 1.65. The molecule has 51 valence electrons. The molecule has 0 aromatic carbocycles. The van der Waals surface area contributed by atoms with Gasteiger partial charge in [0, 0.05) is 0 Å². The van der Waals surface area contributed by atoms with Gasteiger partial charge in [-0.25, -0.2) is 0 Å². The molecule has 0 saturated heterocycles. The van der Waals surface area contributed by atoms with Gasteiger partial charge in [-0.15, -0.1) is 12.4 Å². The van der Waals surface area contributed by atoms with Crippen molar-refractivity contribution in [1.29, 1.82) is 0 Å². The van der Waals surface area contributed by atoms with Crippen molar-refractivity contribution >= 4 is 12.4 Å². The summed E-state index contributed by atoms with van der Waals surface area (Å²) in [6.45, 7) is 2.98. The van der Waals surface area contributed by atoms with Crippen LogP contribution < -0.4 is 5.73 Å². The molecule has 0 aliphatic heterocycles. The molecule has 0 saturated carbocycles. The van der Waals surface area contributed by atoms with E-state index < -0.39 is 0 Å². The molecule has 0 spiro atoms. The van der Waals surface area contributed by atoms with Crippen LogP contribution in [0.15, 0.2) is 0 Å². The quantitative estimate of drug-likeness (QED) is 0.586. The summed E-state index contributed by atoms with van der Waals surface area (Å²) in [5.74, 6) is 0. The molecule has 1 nitrogen and oxygen atoms in total. The van der Waals surface area contributed by atoms with Crippen molar-refractivity contribution in [2.24, 2.45) is 5.73 Å². The Morgan fingerprint density at radius 2 is 2.00 bits per heavy atom. The predicted octanol–water partition coefficient (Wildman–Crippen LogP) is 1.76. The molecule has 0 aromatic rings. The van der Waals surface area contributed by atoms with Crippen molar-refractivity contribution in [2.75, 3.05) is 6.54 Å². The number of hydrogen-bond donors (Lipinski definition) is 1. The fourth-order valence-corrected chi connectivity index (χ4v) is 0.466. The van der Waals surface area contributed by atoms with Crippen molar-refractivity contribution in [1.82, 2.24) is 0 Å². The molecule has 0 aliphatic carbocycles. The molecule has 0 aromatic heterocycles. The lowest BCUT2D eigenvalue weighted by atomic mass is 10.2. The minimum absolute atomic E-state index is 0. The van der Waals surface area contributed by atoms with Gasteiger partial charge >= 0.3 is 0 Å². The van der Waals surface area contributed by atoms with Crippen molar-refractivity contribution in [2.45, 2.75) is 26.2 Å². The van der Waals surface area contributed by atoms with E-state index in [9.17, 15) is 0 Å². The summed E-state index contributed by atoms with van der Waals surface area (Å²) in [6, 6.07) is 0. The third-order valence-electron chi connectivity index (χ3n) is 0.864. The van der Waals surface area contributed by atoms with Crippen LogP contribution in [0.5, 0.6) is 0 Å². The number of halogens is 1. The van der Waals surface area contributed by atoms with Crippen molar-refractivity contribution in [3.8, 4) is 0 Å². The number of hydrogen-bond acceptors (Lipinski definition) is 1. The zero-order chi connectivity index (χ0) is 5.54. The summed E-state index contributed by atoms with van der Waals surface area (Å²) in [7, 11) is 0. The molecule has 2 heteroatoms. The SMILES string of the molecule is CCC[CH]CCN.Cl. The Bertz CT molecular complexity index is 27.7. The van der Waals surface area contributed by atoms with Gasteiger partial charge in [-0.05, 0) is 19.4 Å². The molecule has 0 amide bonds. The lowest BCUT2D eigenvalue weighted by Crippen LogP contribution is -1.97. The van der Waals surface area contributed by atoms with Crippen molar-refractivity contribution in [3.05, 3.63) is 6.42 Å². The molecule has 0 unspecified atom stereocenters. The maximum Gasteiger partial charge on any atom is -0.00745 e. The van der Waals surface area contributed by atoms with Crippen LogP contribution in [-0.2, 0) is 0 Å². The average molecular weight is 137 g/mol. The van der Waals surface area contributed by atoms with E-state index in [4.69, 9.17) is 5.73 Å². The molecule has 0 heterocycles. The predicted molar refractivity (Wildman–Crippen MR) is 40.1 cm³/mol. The van der Waals surface area contributed by atoms with E-state index in [1.54, 1.807) is 0 Å². The topological polar surface area (TPSA) is 26.0 Å². The monoisotopic (exact) mass is 136 g/mol. The Hall–Kier alpha value is 0.250. The maximum atomic E-state index is 5.24. The fourth-order valence-electron chi connectivity index (χ4n) is 0.466. The highest BCUT2D eigenvalue weighted by Crippen LogP contribution is 1.93. The summed E-state index contributed by atoms with van der Waals surface area (Å²) in [5, 5.41) is 0. The smallest absolute Gasteiger partial charge is 0.00745 e. The van der Waals surface area contributed by atoms with Crippen molar-refractivity contribution in [3.63, 3.8) is 0 Å². The third kappa shape index (κ3) is 9.54. The van der Waals surface area contributed by atoms with Crippen LogP contribution in [0, 0.1) is 6.42 Å². The molecule has 0 aliphatic rings. The Kier molecular flexibility index (Phi) is 14.3. The largest absolute Gasteiger partial charge is 0.330 e. The lowest BCUT2D eigenvalue weighted by Gasteiger charge is -1.90. The van der Waals surface area contributed by atoms with Gasteiger partial charge in [0.25, 0.3) is 0 Å². The molecule has 2 N–H and O–H groups in total. The standard InChI is InChI=1S/C6H14N.ClH/c1-2-3-4-5-6-7;/h4H,2-3,5-7H2,1H3;1H. The normalized spacial score (nSPS) is 8.25. The van der Waals surface area contributed by atoms with E-state index in [1.807, 2.05) is 0 Å². The highest BCUT2D eigenvalue weighted by atomic mass is 35.5. The zero-order valence-electron chi connectivity index (χ0n) is 5.39. The van der Waals surface area contributed by atoms with Gasteiger partial charge in [0.2, 0.25) is 0 Å². The minimum Gasteiger partial charge on any atom is -0.330 e. The highest BCUT2D eigenvalue weighted by molar-refractivity contribution is 5.85. The van der Waals surface area contributed by atoms with E-state index in [-0.39, 0.29) is 12.4 Å². The fraction of sp³-hybridized carbons (Fsp3) is 0.833. The van der Waals surface area contributed by atoms with Crippen molar-refractivity contribution < 1.29 is 0 Å². The van der Waals surface area contributed by atoms with Gasteiger partial charge < -0.3 is 5.73 Å². The summed E-state index contributed by atoms with van der Waals surface area (Å²) in [5.41, 5.74) is 5.24. The molecule has 1 radical (unpaired) electrons. The van der Waals surface area contributed by atoms with E-state index in [1.165, 1.54) is 12.8 Å². The van der Waals surface area contributed by atoms with Crippen LogP contribution >= 0.6 is 12.4 Å². The first-order valence-electron chi connectivity index (χ1n) is 2.93. The molecule has 0 bridgehead atoms. The zero-order valence-corrected chi connectivity index (χ0v) is 6.21. The molecular weight excluding hydrogens is 122 g/mol. The summed E-state index contributed by atoms with van der Waals surface area (Å²) in [4.78, 5) is 0. The summed E-state index contributed by atoms with van der Waals surface area (Å²) in [6.07, 6.45) is 5.78. The molecule has 8 heavy (non-hydrogen) atoms. The van der Waals surface area contributed by atoms with E-state index in [2.05, 4.69) is 13.3 Å². The Labute approximate surface area is 58.1 Å². The van der Waals surface area contributed by atoms with Gasteiger partial charge in [0.1, 0.15) is 0 Å². The van der Waals surface area contributed by atoms with Gasteiger partial charge in [0.15, 0.2) is 0 Å². The molecule has 0 fully saturated rings. The van der Waals surface area contributed by atoms with Crippen LogP contribution in [0.25, 0.3) is 0 Å². The van der Waals surface area contributed by atoms with Gasteiger partial charge in [-0.1, -0.05) is 19.8 Å². The van der Waals surface area contributed by atoms with Crippen LogP contribution in [0.4, 0.5) is 0 Å². The first-order valence-corrected chi connectivity index (χ1v) is 2.93. The molecule has 0 rings (SSSR count). The van der Waals surface area contributed by atoms with Gasteiger partial charge in [-0.3, -0.25) is 0 Å². The van der Waals surface area contributed by atoms with Crippen LogP contribution in [0.3, 0.4) is 0 Å². The number of nitrogens with two attached hydrogens (primary N) is 1. The van der Waals surface area contributed by atoms with E-state index >= 15 is 0 Å². The van der Waals surface area contributed by atoms with Crippen LogP contribution in [0.2, 0.25) is 0 Å². The molecular formula is C6H15ClN. The van der Waals surface area contributed by atoms with Gasteiger partial charge in [0.05, 0.1) is 0 Å². The Morgan fingerprint density at radius 1 is 1.38 bits per heavy atom. The minimum atomic E-state index is 0. The average Bonchev–Trinajstić information content (AvgIpc) is 1.69. The maximum absolute atomic E-state index is 5.24. The van der Waals surface area contributed by atoms with Crippen LogP contribution in [0.1, 0.15) is 26.2 Å². The van der Waals surface area contributed by atoms with Crippen LogP contribution in [-0.4, -0.2) is 6.54 Å².